The van der Waals surface area contributed by atoms with Crippen LogP contribution in [-0.4, -0.2) is 4.83 Å². The summed E-state index contributed by atoms with van der Waals surface area (Å²) in [6.07, 6.45) is 1.17. The second-order valence-corrected chi connectivity index (χ2v) is 7.06. The van der Waals surface area contributed by atoms with Gasteiger partial charge in [0.15, 0.2) is 0 Å². The van der Waals surface area contributed by atoms with Gasteiger partial charge in [0.05, 0.1) is 3.79 Å². The van der Waals surface area contributed by atoms with Crippen LogP contribution in [0.3, 0.4) is 0 Å². The molecule has 0 amide bonds. The summed E-state index contributed by atoms with van der Waals surface area (Å²) in [5.74, 6) is 0.704. The highest BCUT2D eigenvalue weighted by molar-refractivity contribution is 9.11. The van der Waals surface area contributed by atoms with Crippen molar-refractivity contribution in [1.29, 1.82) is 0 Å². The topological polar surface area (TPSA) is 0 Å². The van der Waals surface area contributed by atoms with Crippen LogP contribution < -0.4 is 0 Å². The maximum absolute atomic E-state index is 3.60. The van der Waals surface area contributed by atoms with Crippen LogP contribution in [0, 0.1) is 5.92 Å². The van der Waals surface area contributed by atoms with Gasteiger partial charge >= 0.3 is 0 Å². The average molecular weight is 312 g/mol. The molecule has 2 unspecified atom stereocenters. The number of hydrogen-bond acceptors (Lipinski definition) is 1. The maximum atomic E-state index is 3.60. The van der Waals surface area contributed by atoms with E-state index >= 15 is 0 Å². The van der Waals surface area contributed by atoms with Crippen molar-refractivity contribution in [3.63, 3.8) is 0 Å². The lowest BCUT2D eigenvalue weighted by Crippen LogP contribution is -2.08. The third kappa shape index (κ3) is 3.19. The second kappa shape index (κ2) is 4.77. The van der Waals surface area contributed by atoms with Gasteiger partial charge in [0, 0.05) is 9.70 Å². The quantitative estimate of drug-likeness (QED) is 0.722. The molecule has 0 bridgehead atoms. The lowest BCUT2D eigenvalue weighted by Gasteiger charge is -2.11. The van der Waals surface area contributed by atoms with E-state index < -0.39 is 0 Å². The molecule has 0 aliphatic heterocycles. The Kier molecular flexibility index (Phi) is 4.27. The molecule has 1 aromatic heterocycles. The Balaban J connectivity index is 2.52. The summed E-state index contributed by atoms with van der Waals surface area (Å²) in [5.41, 5.74) is 0. The van der Waals surface area contributed by atoms with Crippen LogP contribution in [0.2, 0.25) is 0 Å². The van der Waals surface area contributed by atoms with Crippen molar-refractivity contribution < 1.29 is 0 Å². The summed E-state index contributed by atoms with van der Waals surface area (Å²) in [6.45, 7) is 4.47. The van der Waals surface area contributed by atoms with Crippen molar-refractivity contribution in [2.45, 2.75) is 25.1 Å². The zero-order valence-corrected chi connectivity index (χ0v) is 11.2. The van der Waals surface area contributed by atoms with Gasteiger partial charge in [0.25, 0.3) is 0 Å². The lowest BCUT2D eigenvalue weighted by atomic mass is 10.0. The molecule has 0 radical (unpaired) electrons. The molecular formula is C9H12Br2S. The number of alkyl halides is 1. The van der Waals surface area contributed by atoms with Crippen LogP contribution in [0.25, 0.3) is 0 Å². The fourth-order valence-electron chi connectivity index (χ4n) is 0.941. The minimum Gasteiger partial charge on any atom is -0.133 e. The Hall–Kier alpha value is 0.660. The Morgan fingerprint density at radius 2 is 2.08 bits per heavy atom. The van der Waals surface area contributed by atoms with Gasteiger partial charge in [-0.15, -0.1) is 11.3 Å². The van der Waals surface area contributed by atoms with E-state index in [0.29, 0.717) is 10.7 Å². The number of rotatable bonds is 3. The summed E-state index contributed by atoms with van der Waals surface area (Å²) in [5, 5.41) is 0. The van der Waals surface area contributed by atoms with E-state index in [1.807, 2.05) is 11.3 Å². The molecule has 0 N–H and O–H groups in total. The third-order valence-electron chi connectivity index (χ3n) is 1.94. The fraction of sp³-hybridized carbons (Fsp3) is 0.556. The first-order valence-corrected chi connectivity index (χ1v) is 6.50. The molecule has 12 heavy (non-hydrogen) atoms. The van der Waals surface area contributed by atoms with Gasteiger partial charge in [-0.2, -0.15) is 0 Å². The minimum atomic E-state index is 0.596. The van der Waals surface area contributed by atoms with Crippen molar-refractivity contribution in [3.05, 3.63) is 20.8 Å². The molecule has 0 aliphatic rings. The lowest BCUT2D eigenvalue weighted by molar-refractivity contribution is 0.586. The first-order chi connectivity index (χ1) is 5.59. The predicted octanol–water partition coefficient (Wildman–Crippen LogP) is 4.47. The molecule has 0 saturated heterocycles. The Morgan fingerprint density at radius 3 is 2.50 bits per heavy atom. The van der Waals surface area contributed by atoms with E-state index in [0.717, 1.165) is 0 Å². The van der Waals surface area contributed by atoms with Crippen molar-refractivity contribution in [2.75, 3.05) is 0 Å². The largest absolute Gasteiger partial charge is 0.133 e. The van der Waals surface area contributed by atoms with E-state index in [2.05, 4.69) is 57.8 Å². The molecule has 1 rings (SSSR count). The first kappa shape index (κ1) is 10.7. The van der Waals surface area contributed by atoms with Crippen LogP contribution in [0.4, 0.5) is 0 Å². The molecule has 0 saturated carbocycles. The highest BCUT2D eigenvalue weighted by Crippen LogP contribution is 2.26. The molecule has 0 aromatic carbocycles. The van der Waals surface area contributed by atoms with Crippen molar-refractivity contribution in [3.8, 4) is 0 Å². The summed E-state index contributed by atoms with van der Waals surface area (Å²) in [7, 11) is 0. The van der Waals surface area contributed by atoms with Crippen LogP contribution in [-0.2, 0) is 6.42 Å². The van der Waals surface area contributed by atoms with Crippen LogP contribution in [0.15, 0.2) is 15.9 Å². The van der Waals surface area contributed by atoms with Crippen LogP contribution in [0.1, 0.15) is 18.7 Å². The normalized spacial score (nSPS) is 16.0. The second-order valence-electron chi connectivity index (χ2n) is 3.06. The molecule has 2 atom stereocenters. The molecule has 1 heterocycles. The van der Waals surface area contributed by atoms with E-state index in [1.54, 1.807) is 0 Å². The van der Waals surface area contributed by atoms with Gasteiger partial charge in [-0.05, 0) is 40.4 Å². The van der Waals surface area contributed by atoms with E-state index in [-0.39, 0.29) is 0 Å². The summed E-state index contributed by atoms with van der Waals surface area (Å²) in [4.78, 5) is 2.05. The van der Waals surface area contributed by atoms with Crippen molar-refractivity contribution in [1.82, 2.24) is 0 Å². The molecule has 0 aliphatic carbocycles. The summed E-state index contributed by atoms with van der Waals surface area (Å²) < 4.78 is 1.23. The zero-order chi connectivity index (χ0) is 9.14. The fourth-order valence-corrected chi connectivity index (χ4v) is 2.75. The highest BCUT2D eigenvalue weighted by atomic mass is 79.9. The molecule has 0 spiro atoms. The van der Waals surface area contributed by atoms with Gasteiger partial charge in [-0.1, -0.05) is 29.8 Å². The summed E-state index contributed by atoms with van der Waals surface area (Å²) >= 11 is 8.89. The molecule has 0 fully saturated rings. The molecular weight excluding hydrogens is 300 g/mol. The smallest absolute Gasteiger partial charge is 0.0701 e. The van der Waals surface area contributed by atoms with Gasteiger partial charge in [0.1, 0.15) is 0 Å². The SMILES string of the molecule is CC(Br)C(C)Cc1ccc(Br)s1. The molecule has 68 valence electrons. The minimum absolute atomic E-state index is 0.596. The number of hydrogen-bond donors (Lipinski definition) is 0. The predicted molar refractivity (Wildman–Crippen MR) is 63.3 cm³/mol. The van der Waals surface area contributed by atoms with Gasteiger partial charge in [-0.25, -0.2) is 0 Å². The average Bonchev–Trinajstić information content (AvgIpc) is 2.35. The van der Waals surface area contributed by atoms with E-state index in [1.165, 1.54) is 15.1 Å². The van der Waals surface area contributed by atoms with Crippen molar-refractivity contribution in [2.24, 2.45) is 5.92 Å². The Bertz CT molecular complexity index is 242. The van der Waals surface area contributed by atoms with E-state index in [4.69, 9.17) is 0 Å². The molecule has 0 nitrogen and oxygen atoms in total. The zero-order valence-electron chi connectivity index (χ0n) is 7.18. The Labute approximate surface area is 94.6 Å². The highest BCUT2D eigenvalue weighted by Gasteiger charge is 2.10. The van der Waals surface area contributed by atoms with Gasteiger partial charge in [-0.3, -0.25) is 0 Å². The standard InChI is InChI=1S/C9H12Br2S/c1-6(7(2)10)5-8-3-4-9(11)12-8/h3-4,6-7H,5H2,1-2H3. The monoisotopic (exact) mass is 310 g/mol. The van der Waals surface area contributed by atoms with Gasteiger partial charge in [0.2, 0.25) is 0 Å². The third-order valence-corrected chi connectivity index (χ3v) is 4.48. The van der Waals surface area contributed by atoms with Crippen molar-refractivity contribution >= 4 is 43.2 Å². The number of halogens is 2. The Morgan fingerprint density at radius 1 is 1.42 bits per heavy atom. The van der Waals surface area contributed by atoms with E-state index in [9.17, 15) is 0 Å². The summed E-state index contributed by atoms with van der Waals surface area (Å²) in [6, 6.07) is 4.31. The van der Waals surface area contributed by atoms with Crippen LogP contribution in [0.5, 0.6) is 0 Å². The maximum Gasteiger partial charge on any atom is 0.0701 e. The molecule has 1 aromatic rings. The number of thiophene rings is 1. The molecule has 3 heteroatoms. The van der Waals surface area contributed by atoms with Gasteiger partial charge < -0.3 is 0 Å². The van der Waals surface area contributed by atoms with Crippen LogP contribution >= 0.6 is 43.2 Å². The first-order valence-electron chi connectivity index (χ1n) is 3.98.